The normalized spacial score (nSPS) is 13.2. The number of hydrogen-bond acceptors (Lipinski definition) is 4. The maximum atomic E-state index is 12.6. The first-order valence-corrected chi connectivity index (χ1v) is 5.12. The van der Waals surface area contributed by atoms with Crippen molar-refractivity contribution in [2.24, 2.45) is 0 Å². The minimum absolute atomic E-state index is 0.123. The fourth-order valence-corrected chi connectivity index (χ4v) is 1.39. The van der Waals surface area contributed by atoms with Crippen molar-refractivity contribution >= 4 is 5.97 Å². The molecule has 0 aliphatic carbocycles. The van der Waals surface area contributed by atoms with Gasteiger partial charge in [0.05, 0.1) is 6.61 Å². The van der Waals surface area contributed by atoms with E-state index < -0.39 is 18.2 Å². The summed E-state index contributed by atoms with van der Waals surface area (Å²) < 4.78 is 46.9. The Bertz CT molecular complexity index is 420. The van der Waals surface area contributed by atoms with Gasteiger partial charge in [-0.2, -0.15) is 13.2 Å². The number of aromatic nitrogens is 1. The minimum atomic E-state index is -4.55. The first-order chi connectivity index (χ1) is 8.40. The molecule has 1 aromatic rings. The molecule has 0 aliphatic rings. The zero-order chi connectivity index (χ0) is 13.8. The van der Waals surface area contributed by atoms with E-state index in [1.807, 2.05) is 0 Å². The fraction of sp³-hybridized carbons (Fsp3) is 0.455. The number of nitrogens with zero attached hydrogens (tertiary/aromatic N) is 1. The summed E-state index contributed by atoms with van der Waals surface area (Å²) >= 11 is 0. The Morgan fingerprint density at radius 2 is 2.17 bits per heavy atom. The fourth-order valence-electron chi connectivity index (χ4n) is 1.39. The second kappa shape index (κ2) is 5.81. The van der Waals surface area contributed by atoms with E-state index in [9.17, 15) is 18.0 Å². The molecule has 1 atom stereocenters. The Kier molecular flexibility index (Phi) is 4.66. The van der Waals surface area contributed by atoms with Gasteiger partial charge in [0.2, 0.25) is 0 Å². The lowest BCUT2D eigenvalue weighted by atomic mass is 10.1. The topological polar surface area (TPSA) is 48.4 Å². The Morgan fingerprint density at radius 1 is 1.50 bits per heavy atom. The van der Waals surface area contributed by atoms with Gasteiger partial charge in [0.25, 0.3) is 0 Å². The first kappa shape index (κ1) is 14.4. The highest BCUT2D eigenvalue weighted by Gasteiger charge is 2.41. The number of methoxy groups -OCH3 is 1. The van der Waals surface area contributed by atoms with Crippen LogP contribution < -0.4 is 0 Å². The van der Waals surface area contributed by atoms with Gasteiger partial charge in [0.15, 0.2) is 6.10 Å². The van der Waals surface area contributed by atoms with E-state index in [0.717, 1.165) is 25.4 Å². The van der Waals surface area contributed by atoms with Crippen LogP contribution in [0.1, 0.15) is 29.1 Å². The van der Waals surface area contributed by atoms with Crippen LogP contribution in [-0.2, 0) is 9.47 Å². The molecule has 0 bridgehead atoms. The third-order valence-electron chi connectivity index (χ3n) is 2.10. The highest BCUT2D eigenvalue weighted by Crippen LogP contribution is 2.35. The van der Waals surface area contributed by atoms with Crippen LogP contribution >= 0.6 is 0 Å². The van der Waals surface area contributed by atoms with Crippen LogP contribution in [-0.4, -0.2) is 30.8 Å². The predicted molar refractivity (Wildman–Crippen MR) is 56.0 cm³/mol. The number of alkyl halides is 3. The lowest BCUT2D eigenvalue weighted by Gasteiger charge is -2.19. The summed E-state index contributed by atoms with van der Waals surface area (Å²) in [5.41, 5.74) is -0.372. The number of ether oxygens (including phenoxy) is 2. The highest BCUT2D eigenvalue weighted by atomic mass is 19.4. The zero-order valence-corrected chi connectivity index (χ0v) is 9.82. The van der Waals surface area contributed by atoms with Gasteiger partial charge in [-0.3, -0.25) is 0 Å². The lowest BCUT2D eigenvalue weighted by Crippen LogP contribution is -2.23. The van der Waals surface area contributed by atoms with E-state index in [4.69, 9.17) is 0 Å². The number of halogens is 3. The standard InChI is InChI=1S/C11H12F3NO3/c1-3-18-10(16)8-6-7(4-5-15-8)9(17-2)11(12,13)14/h4-6,9H,3H2,1-2H3. The Labute approximate surface area is 102 Å². The molecule has 1 aromatic heterocycles. The maximum absolute atomic E-state index is 12.6. The molecule has 0 saturated carbocycles. The van der Waals surface area contributed by atoms with E-state index in [2.05, 4.69) is 14.5 Å². The van der Waals surface area contributed by atoms with Crippen LogP contribution in [0.3, 0.4) is 0 Å². The summed E-state index contributed by atoms with van der Waals surface area (Å²) in [5.74, 6) is -0.767. The predicted octanol–water partition coefficient (Wildman–Crippen LogP) is 2.51. The van der Waals surface area contributed by atoms with Gasteiger partial charge >= 0.3 is 12.1 Å². The van der Waals surface area contributed by atoms with E-state index >= 15 is 0 Å². The van der Waals surface area contributed by atoms with E-state index in [1.165, 1.54) is 0 Å². The molecule has 1 unspecified atom stereocenters. The molecule has 0 radical (unpaired) electrons. The second-order valence-corrected chi connectivity index (χ2v) is 3.35. The quantitative estimate of drug-likeness (QED) is 0.783. The van der Waals surface area contributed by atoms with Crippen LogP contribution in [0.15, 0.2) is 18.3 Å². The summed E-state index contributed by atoms with van der Waals surface area (Å²) in [5, 5.41) is 0. The molecule has 0 N–H and O–H groups in total. The Hall–Kier alpha value is -1.63. The van der Waals surface area contributed by atoms with E-state index in [-0.39, 0.29) is 17.9 Å². The summed E-state index contributed by atoms with van der Waals surface area (Å²) in [4.78, 5) is 15.0. The number of carbonyl (C=O) groups is 1. The smallest absolute Gasteiger partial charge is 0.418 e. The van der Waals surface area contributed by atoms with Crippen molar-refractivity contribution in [3.05, 3.63) is 29.6 Å². The Morgan fingerprint density at radius 3 is 2.67 bits per heavy atom. The van der Waals surface area contributed by atoms with Crippen molar-refractivity contribution in [1.82, 2.24) is 4.98 Å². The first-order valence-electron chi connectivity index (χ1n) is 5.12. The Balaban J connectivity index is 3.04. The second-order valence-electron chi connectivity index (χ2n) is 3.35. The number of hydrogen-bond donors (Lipinski definition) is 0. The van der Waals surface area contributed by atoms with E-state index in [1.54, 1.807) is 6.92 Å². The average Bonchev–Trinajstić information content (AvgIpc) is 2.29. The number of rotatable bonds is 4. The summed E-state index contributed by atoms with van der Waals surface area (Å²) in [6.45, 7) is 1.72. The molecule has 0 saturated heterocycles. The van der Waals surface area contributed by atoms with Crippen molar-refractivity contribution in [1.29, 1.82) is 0 Å². The van der Waals surface area contributed by atoms with Crippen LogP contribution in [0.5, 0.6) is 0 Å². The number of pyridine rings is 1. The highest BCUT2D eigenvalue weighted by molar-refractivity contribution is 5.87. The van der Waals surface area contributed by atoms with Crippen LogP contribution in [0.2, 0.25) is 0 Å². The molecule has 100 valence electrons. The molecule has 0 aliphatic heterocycles. The van der Waals surface area contributed by atoms with E-state index in [0.29, 0.717) is 0 Å². The molecule has 0 amide bonds. The molecule has 1 heterocycles. The third kappa shape index (κ3) is 3.43. The molecule has 7 heteroatoms. The van der Waals surface area contributed by atoms with Crippen LogP contribution in [0.25, 0.3) is 0 Å². The van der Waals surface area contributed by atoms with Gasteiger partial charge in [-0.05, 0) is 24.6 Å². The third-order valence-corrected chi connectivity index (χ3v) is 2.10. The molecular weight excluding hydrogens is 251 g/mol. The van der Waals surface area contributed by atoms with Crippen molar-refractivity contribution in [3.8, 4) is 0 Å². The van der Waals surface area contributed by atoms with Crippen molar-refractivity contribution < 1.29 is 27.4 Å². The van der Waals surface area contributed by atoms with Gasteiger partial charge in [-0.25, -0.2) is 9.78 Å². The number of esters is 1. The van der Waals surface area contributed by atoms with Crippen molar-refractivity contribution in [2.75, 3.05) is 13.7 Å². The van der Waals surface area contributed by atoms with Gasteiger partial charge in [0, 0.05) is 13.3 Å². The monoisotopic (exact) mass is 263 g/mol. The van der Waals surface area contributed by atoms with Gasteiger partial charge in [-0.1, -0.05) is 0 Å². The largest absolute Gasteiger partial charge is 0.461 e. The molecular formula is C11H12F3NO3. The van der Waals surface area contributed by atoms with Gasteiger partial charge in [0.1, 0.15) is 5.69 Å². The molecule has 0 spiro atoms. The molecule has 1 rings (SSSR count). The van der Waals surface area contributed by atoms with Crippen molar-refractivity contribution in [2.45, 2.75) is 19.2 Å². The maximum Gasteiger partial charge on any atom is 0.418 e. The molecule has 18 heavy (non-hydrogen) atoms. The SMILES string of the molecule is CCOC(=O)c1cc(C(OC)C(F)(F)F)ccn1. The summed E-state index contributed by atoms with van der Waals surface area (Å²) in [7, 11) is 0.947. The lowest BCUT2D eigenvalue weighted by molar-refractivity contribution is -0.216. The minimum Gasteiger partial charge on any atom is -0.461 e. The van der Waals surface area contributed by atoms with Crippen LogP contribution in [0.4, 0.5) is 13.2 Å². The summed E-state index contributed by atoms with van der Waals surface area (Å²) in [6, 6.07) is 2.16. The summed E-state index contributed by atoms with van der Waals surface area (Å²) in [6.07, 6.45) is -5.53. The van der Waals surface area contributed by atoms with Gasteiger partial charge in [-0.15, -0.1) is 0 Å². The molecule has 0 fully saturated rings. The van der Waals surface area contributed by atoms with Crippen molar-refractivity contribution in [3.63, 3.8) is 0 Å². The number of carbonyl (C=O) groups excluding carboxylic acids is 1. The van der Waals surface area contributed by atoms with Gasteiger partial charge < -0.3 is 9.47 Å². The zero-order valence-electron chi connectivity index (χ0n) is 9.82. The molecule has 4 nitrogen and oxygen atoms in total. The average molecular weight is 263 g/mol. The molecule has 0 aromatic carbocycles. The van der Waals surface area contributed by atoms with Crippen LogP contribution in [0, 0.1) is 0 Å².